The minimum absolute atomic E-state index is 0.293. The van der Waals surface area contributed by atoms with Crippen LogP contribution in [0.5, 0.6) is 0 Å². The Bertz CT molecular complexity index is 293. The highest BCUT2D eigenvalue weighted by atomic mass is 16.1. The Hall–Kier alpha value is -0.410. The fourth-order valence-electron chi connectivity index (χ4n) is 3.31. The zero-order chi connectivity index (χ0) is 13.2. The average Bonchev–Trinajstić information content (AvgIpc) is 2.35. The number of nitrogens with zero attached hydrogens (tertiary/aromatic N) is 2. The van der Waals surface area contributed by atoms with Gasteiger partial charge in [-0.15, -0.1) is 0 Å². The standard InChI is InChI=1S/C15H28N2O/c1-4-16-7-9-17(10-8-16)12-13-11-15(2,3)6-5-14(13)18/h13H,4-12H2,1-3H3. The van der Waals surface area contributed by atoms with Crippen LogP contribution in [0.3, 0.4) is 0 Å². The number of likely N-dealkylation sites (N-methyl/N-ethyl adjacent to an activating group) is 1. The number of piperazine rings is 1. The second-order valence-corrected chi connectivity index (χ2v) is 6.77. The van der Waals surface area contributed by atoms with Crippen molar-refractivity contribution >= 4 is 5.78 Å². The fourth-order valence-corrected chi connectivity index (χ4v) is 3.31. The van der Waals surface area contributed by atoms with E-state index in [4.69, 9.17) is 0 Å². The van der Waals surface area contributed by atoms with E-state index >= 15 is 0 Å². The molecule has 2 fully saturated rings. The van der Waals surface area contributed by atoms with Crippen molar-refractivity contribution in [2.75, 3.05) is 39.3 Å². The lowest BCUT2D eigenvalue weighted by Crippen LogP contribution is -2.49. The van der Waals surface area contributed by atoms with Crippen molar-refractivity contribution in [3.8, 4) is 0 Å². The van der Waals surface area contributed by atoms with Crippen LogP contribution in [0.15, 0.2) is 0 Å². The van der Waals surface area contributed by atoms with Crippen molar-refractivity contribution < 1.29 is 4.79 Å². The molecule has 1 atom stereocenters. The van der Waals surface area contributed by atoms with Crippen molar-refractivity contribution in [1.29, 1.82) is 0 Å². The first-order chi connectivity index (χ1) is 8.50. The molecule has 0 amide bonds. The van der Waals surface area contributed by atoms with Gasteiger partial charge in [-0.05, 0) is 24.8 Å². The van der Waals surface area contributed by atoms with Crippen molar-refractivity contribution in [1.82, 2.24) is 9.80 Å². The van der Waals surface area contributed by atoms with Crippen molar-refractivity contribution in [3.63, 3.8) is 0 Å². The molecular weight excluding hydrogens is 224 g/mol. The molecule has 0 bridgehead atoms. The van der Waals surface area contributed by atoms with E-state index in [9.17, 15) is 4.79 Å². The molecular formula is C15H28N2O. The van der Waals surface area contributed by atoms with Crippen LogP contribution in [0, 0.1) is 11.3 Å². The second kappa shape index (κ2) is 5.70. The lowest BCUT2D eigenvalue weighted by atomic mass is 9.71. The van der Waals surface area contributed by atoms with Crippen LogP contribution in [0.2, 0.25) is 0 Å². The van der Waals surface area contributed by atoms with Crippen LogP contribution in [0.25, 0.3) is 0 Å². The molecule has 0 aromatic heterocycles. The largest absolute Gasteiger partial charge is 0.301 e. The van der Waals surface area contributed by atoms with Gasteiger partial charge in [0.15, 0.2) is 0 Å². The highest BCUT2D eigenvalue weighted by molar-refractivity contribution is 5.82. The SMILES string of the molecule is CCN1CCN(CC2CC(C)(C)CCC2=O)CC1. The Labute approximate surface area is 112 Å². The maximum atomic E-state index is 12.0. The summed E-state index contributed by atoms with van der Waals surface area (Å²) in [5.41, 5.74) is 0.365. The van der Waals surface area contributed by atoms with E-state index in [-0.39, 0.29) is 0 Å². The predicted octanol–water partition coefficient (Wildman–Crippen LogP) is 2.02. The summed E-state index contributed by atoms with van der Waals surface area (Å²) in [5, 5.41) is 0. The van der Waals surface area contributed by atoms with Crippen molar-refractivity contribution in [2.45, 2.75) is 40.0 Å². The van der Waals surface area contributed by atoms with E-state index < -0.39 is 0 Å². The lowest BCUT2D eigenvalue weighted by molar-refractivity contribution is -0.128. The third-order valence-electron chi connectivity index (χ3n) is 4.69. The molecule has 1 saturated carbocycles. The zero-order valence-corrected chi connectivity index (χ0v) is 12.2. The number of carbonyl (C=O) groups is 1. The Balaban J connectivity index is 1.83. The van der Waals surface area contributed by atoms with Gasteiger partial charge in [-0.1, -0.05) is 20.8 Å². The van der Waals surface area contributed by atoms with Gasteiger partial charge in [-0.25, -0.2) is 0 Å². The van der Waals surface area contributed by atoms with E-state index in [0.717, 1.165) is 45.4 Å². The van der Waals surface area contributed by atoms with Gasteiger partial charge < -0.3 is 9.80 Å². The Morgan fingerprint density at radius 2 is 1.78 bits per heavy atom. The minimum Gasteiger partial charge on any atom is -0.301 e. The van der Waals surface area contributed by atoms with Crippen LogP contribution in [0.1, 0.15) is 40.0 Å². The van der Waals surface area contributed by atoms with E-state index in [2.05, 4.69) is 30.6 Å². The summed E-state index contributed by atoms with van der Waals surface area (Å²) in [4.78, 5) is 17.0. The van der Waals surface area contributed by atoms with E-state index in [1.165, 1.54) is 13.1 Å². The van der Waals surface area contributed by atoms with Gasteiger partial charge in [-0.2, -0.15) is 0 Å². The van der Waals surface area contributed by atoms with Crippen LogP contribution in [0.4, 0.5) is 0 Å². The number of hydrogen-bond donors (Lipinski definition) is 0. The van der Waals surface area contributed by atoms with Crippen LogP contribution >= 0.6 is 0 Å². The molecule has 1 unspecified atom stereocenters. The quantitative estimate of drug-likeness (QED) is 0.768. The number of hydrogen-bond acceptors (Lipinski definition) is 3. The third-order valence-corrected chi connectivity index (χ3v) is 4.69. The summed E-state index contributed by atoms with van der Waals surface area (Å²) in [5.74, 6) is 0.800. The monoisotopic (exact) mass is 252 g/mol. The van der Waals surface area contributed by atoms with Gasteiger partial charge >= 0.3 is 0 Å². The first-order valence-electron chi connectivity index (χ1n) is 7.47. The number of Topliss-reactive ketones (excluding diaryl/α,β-unsaturated/α-hetero) is 1. The molecule has 0 aromatic carbocycles. The lowest BCUT2D eigenvalue weighted by Gasteiger charge is -2.39. The fraction of sp³-hybridized carbons (Fsp3) is 0.933. The van der Waals surface area contributed by atoms with Gasteiger partial charge in [0.05, 0.1) is 0 Å². The Morgan fingerprint density at radius 1 is 1.17 bits per heavy atom. The smallest absolute Gasteiger partial charge is 0.137 e. The summed E-state index contributed by atoms with van der Waals surface area (Å²) in [6.07, 6.45) is 2.96. The minimum atomic E-state index is 0.293. The van der Waals surface area contributed by atoms with Gasteiger partial charge in [0, 0.05) is 45.1 Å². The molecule has 1 aliphatic carbocycles. The second-order valence-electron chi connectivity index (χ2n) is 6.77. The molecule has 1 heterocycles. The van der Waals surface area contributed by atoms with Crippen molar-refractivity contribution in [3.05, 3.63) is 0 Å². The maximum Gasteiger partial charge on any atom is 0.137 e. The molecule has 1 aliphatic heterocycles. The van der Waals surface area contributed by atoms with E-state index in [0.29, 0.717) is 17.1 Å². The average molecular weight is 252 g/mol. The van der Waals surface area contributed by atoms with Crippen molar-refractivity contribution in [2.24, 2.45) is 11.3 Å². The molecule has 2 aliphatic rings. The highest BCUT2D eigenvalue weighted by Crippen LogP contribution is 2.37. The first-order valence-corrected chi connectivity index (χ1v) is 7.47. The van der Waals surface area contributed by atoms with Crippen LogP contribution < -0.4 is 0 Å². The molecule has 0 radical (unpaired) electrons. The summed E-state index contributed by atoms with van der Waals surface area (Å²) in [6, 6.07) is 0. The molecule has 104 valence electrons. The summed E-state index contributed by atoms with van der Waals surface area (Å²) < 4.78 is 0. The molecule has 3 heteroatoms. The van der Waals surface area contributed by atoms with Gasteiger partial charge in [0.25, 0.3) is 0 Å². The molecule has 0 aromatic rings. The highest BCUT2D eigenvalue weighted by Gasteiger charge is 2.34. The van der Waals surface area contributed by atoms with Gasteiger partial charge in [-0.3, -0.25) is 4.79 Å². The number of carbonyl (C=O) groups excluding carboxylic acids is 1. The van der Waals surface area contributed by atoms with E-state index in [1.807, 2.05) is 0 Å². The summed E-state index contributed by atoms with van der Waals surface area (Å²) in [7, 11) is 0. The van der Waals surface area contributed by atoms with Crippen LogP contribution in [-0.4, -0.2) is 54.9 Å². The molecule has 18 heavy (non-hydrogen) atoms. The topological polar surface area (TPSA) is 23.6 Å². The molecule has 0 spiro atoms. The van der Waals surface area contributed by atoms with E-state index in [1.54, 1.807) is 0 Å². The number of rotatable bonds is 3. The normalized spacial score (nSPS) is 30.6. The van der Waals surface area contributed by atoms with Crippen LogP contribution in [-0.2, 0) is 4.79 Å². The molecule has 3 nitrogen and oxygen atoms in total. The zero-order valence-electron chi connectivity index (χ0n) is 12.2. The summed E-state index contributed by atoms with van der Waals surface area (Å²) >= 11 is 0. The Kier molecular flexibility index (Phi) is 4.44. The first kappa shape index (κ1) is 14.0. The number of ketones is 1. The maximum absolute atomic E-state index is 12.0. The third kappa shape index (κ3) is 3.55. The van der Waals surface area contributed by atoms with Gasteiger partial charge in [0.1, 0.15) is 5.78 Å². The Morgan fingerprint density at radius 3 is 2.39 bits per heavy atom. The summed E-state index contributed by atoms with van der Waals surface area (Å²) in [6.45, 7) is 13.6. The molecule has 0 N–H and O–H groups in total. The molecule has 1 saturated heterocycles. The van der Waals surface area contributed by atoms with Gasteiger partial charge in [0.2, 0.25) is 0 Å². The predicted molar refractivity (Wildman–Crippen MR) is 74.7 cm³/mol. The molecule has 2 rings (SSSR count).